The molecule has 0 bridgehead atoms. The van der Waals surface area contributed by atoms with E-state index in [1.165, 1.54) is 0 Å². The fraction of sp³-hybridized carbons (Fsp3) is 0.615. The third kappa shape index (κ3) is 2.48. The zero-order valence-electron chi connectivity index (χ0n) is 10.3. The van der Waals surface area contributed by atoms with Gasteiger partial charge in [0.15, 0.2) is 0 Å². The summed E-state index contributed by atoms with van der Waals surface area (Å²) in [6.07, 6.45) is 4.91. The lowest BCUT2D eigenvalue weighted by atomic mass is 9.93. The number of ether oxygens (including phenoxy) is 2. The first kappa shape index (κ1) is 12.3. The number of pyridine rings is 1. The Labute approximate surface area is 111 Å². The number of aromatic nitrogens is 1. The molecule has 98 valence electrons. The minimum atomic E-state index is -0.0422. The highest BCUT2D eigenvalue weighted by atomic mass is 32.2. The van der Waals surface area contributed by atoms with Crippen LogP contribution < -0.4 is 5.73 Å². The summed E-state index contributed by atoms with van der Waals surface area (Å²) < 4.78 is 11.4. The highest BCUT2D eigenvalue weighted by Gasteiger charge is 2.41. The minimum Gasteiger partial charge on any atom is -0.397 e. The number of hydrogen-bond donors (Lipinski definition) is 1. The summed E-state index contributed by atoms with van der Waals surface area (Å²) in [5.74, 6) is 0. The molecule has 0 saturated carbocycles. The molecular weight excluding hydrogens is 248 g/mol. The molecule has 0 aliphatic carbocycles. The first-order valence-corrected chi connectivity index (χ1v) is 7.24. The van der Waals surface area contributed by atoms with Gasteiger partial charge in [0.05, 0.1) is 17.9 Å². The molecule has 1 spiro atoms. The molecule has 3 heterocycles. The van der Waals surface area contributed by atoms with E-state index in [0.29, 0.717) is 5.25 Å². The Morgan fingerprint density at radius 1 is 1.44 bits per heavy atom. The number of rotatable bonds is 2. The lowest BCUT2D eigenvalue weighted by Gasteiger charge is -2.36. The highest BCUT2D eigenvalue weighted by molar-refractivity contribution is 8.00. The largest absolute Gasteiger partial charge is 0.397 e. The van der Waals surface area contributed by atoms with Crippen molar-refractivity contribution in [1.29, 1.82) is 0 Å². The van der Waals surface area contributed by atoms with Crippen LogP contribution in [0.4, 0.5) is 5.69 Å². The van der Waals surface area contributed by atoms with Crippen LogP contribution in [0.5, 0.6) is 0 Å². The molecule has 2 fully saturated rings. The van der Waals surface area contributed by atoms with Gasteiger partial charge in [0.25, 0.3) is 0 Å². The second-order valence-electron chi connectivity index (χ2n) is 4.96. The summed E-state index contributed by atoms with van der Waals surface area (Å²) in [7, 11) is 0. The highest BCUT2D eigenvalue weighted by Crippen LogP contribution is 2.40. The Morgan fingerprint density at radius 3 is 3.17 bits per heavy atom. The summed E-state index contributed by atoms with van der Waals surface area (Å²) in [4.78, 5) is 4.35. The Balaban J connectivity index is 1.68. The molecule has 2 saturated heterocycles. The maximum Gasteiger partial charge on any atom is 0.119 e. The second-order valence-corrected chi connectivity index (χ2v) is 6.25. The first-order chi connectivity index (χ1) is 8.77. The number of thioether (sulfide) groups is 1. The number of nitrogens with zero attached hydrogens (tertiary/aromatic N) is 1. The normalized spacial score (nSPS) is 31.9. The van der Waals surface area contributed by atoms with Crippen LogP contribution in [0, 0.1) is 0 Å². The quantitative estimate of drug-likeness (QED) is 0.888. The maximum absolute atomic E-state index is 5.94. The van der Waals surface area contributed by atoms with Gasteiger partial charge in [-0.3, -0.25) is 0 Å². The zero-order valence-corrected chi connectivity index (χ0v) is 11.1. The smallest absolute Gasteiger partial charge is 0.119 e. The van der Waals surface area contributed by atoms with Crippen molar-refractivity contribution in [3.05, 3.63) is 18.3 Å². The summed E-state index contributed by atoms with van der Waals surface area (Å²) in [6, 6.07) is 3.78. The van der Waals surface area contributed by atoms with E-state index in [-0.39, 0.29) is 5.60 Å². The molecule has 5 heteroatoms. The Kier molecular flexibility index (Phi) is 3.46. The zero-order chi connectivity index (χ0) is 12.4. The monoisotopic (exact) mass is 266 g/mol. The van der Waals surface area contributed by atoms with E-state index in [0.717, 1.165) is 49.8 Å². The number of anilines is 1. The average Bonchev–Trinajstić information content (AvgIpc) is 2.80. The number of hydrogen-bond acceptors (Lipinski definition) is 5. The van der Waals surface area contributed by atoms with E-state index in [2.05, 4.69) is 4.98 Å². The summed E-state index contributed by atoms with van der Waals surface area (Å²) in [5, 5.41) is 1.47. The summed E-state index contributed by atoms with van der Waals surface area (Å²) in [6.45, 7) is 2.37. The van der Waals surface area contributed by atoms with E-state index in [1.807, 2.05) is 12.1 Å². The van der Waals surface area contributed by atoms with Gasteiger partial charge in [0, 0.05) is 31.1 Å². The van der Waals surface area contributed by atoms with Crippen LogP contribution in [0.3, 0.4) is 0 Å². The predicted molar refractivity (Wildman–Crippen MR) is 71.6 cm³/mol. The molecule has 0 aromatic carbocycles. The second kappa shape index (κ2) is 5.07. The van der Waals surface area contributed by atoms with Crippen molar-refractivity contribution in [1.82, 2.24) is 4.98 Å². The van der Waals surface area contributed by atoms with Crippen LogP contribution >= 0.6 is 11.8 Å². The van der Waals surface area contributed by atoms with Crippen LogP contribution in [0.15, 0.2) is 23.4 Å². The Bertz CT molecular complexity index is 421. The van der Waals surface area contributed by atoms with Gasteiger partial charge in [0.2, 0.25) is 0 Å². The van der Waals surface area contributed by atoms with Crippen LogP contribution in [0.25, 0.3) is 0 Å². The molecule has 4 nitrogen and oxygen atoms in total. The van der Waals surface area contributed by atoms with Gasteiger partial charge in [-0.25, -0.2) is 4.98 Å². The van der Waals surface area contributed by atoms with Crippen LogP contribution in [0.2, 0.25) is 0 Å². The SMILES string of the molecule is Nc1cccnc1SC1CCOC2(CCOC2)C1. The summed E-state index contributed by atoms with van der Waals surface area (Å²) >= 11 is 1.78. The van der Waals surface area contributed by atoms with Crippen molar-refractivity contribution in [2.75, 3.05) is 25.6 Å². The molecular formula is C13H18N2O2S. The molecule has 2 aliphatic rings. The van der Waals surface area contributed by atoms with E-state index in [9.17, 15) is 0 Å². The fourth-order valence-corrected chi connectivity index (χ4v) is 3.85. The van der Waals surface area contributed by atoms with E-state index in [4.69, 9.17) is 15.2 Å². The van der Waals surface area contributed by atoms with E-state index >= 15 is 0 Å². The molecule has 0 radical (unpaired) electrons. The van der Waals surface area contributed by atoms with Crippen molar-refractivity contribution >= 4 is 17.4 Å². The predicted octanol–water partition coefficient (Wildman–Crippen LogP) is 2.09. The molecule has 18 heavy (non-hydrogen) atoms. The standard InChI is InChI=1S/C13H18N2O2S/c14-11-2-1-5-15-12(11)18-10-3-6-17-13(8-10)4-7-16-9-13/h1-2,5,10H,3-4,6-9,14H2. The fourth-order valence-electron chi connectivity index (χ4n) is 2.61. The van der Waals surface area contributed by atoms with Crippen LogP contribution in [-0.4, -0.2) is 35.7 Å². The van der Waals surface area contributed by atoms with Gasteiger partial charge in [-0.15, -0.1) is 11.8 Å². The molecule has 2 N–H and O–H groups in total. The van der Waals surface area contributed by atoms with Gasteiger partial charge < -0.3 is 15.2 Å². The Morgan fingerprint density at radius 2 is 2.39 bits per heavy atom. The lowest BCUT2D eigenvalue weighted by Crippen LogP contribution is -2.41. The topological polar surface area (TPSA) is 57.4 Å². The number of nitrogen functional groups attached to an aromatic ring is 1. The van der Waals surface area contributed by atoms with Crippen molar-refractivity contribution < 1.29 is 9.47 Å². The minimum absolute atomic E-state index is 0.0422. The molecule has 1 aromatic rings. The molecule has 3 rings (SSSR count). The van der Waals surface area contributed by atoms with Crippen LogP contribution in [0.1, 0.15) is 19.3 Å². The van der Waals surface area contributed by atoms with Crippen molar-refractivity contribution in [2.24, 2.45) is 0 Å². The first-order valence-electron chi connectivity index (χ1n) is 6.36. The van der Waals surface area contributed by atoms with Crippen LogP contribution in [-0.2, 0) is 9.47 Å². The summed E-state index contributed by atoms with van der Waals surface area (Å²) in [5.41, 5.74) is 6.67. The van der Waals surface area contributed by atoms with Crippen molar-refractivity contribution in [3.63, 3.8) is 0 Å². The molecule has 0 amide bonds. The molecule has 2 aliphatic heterocycles. The molecule has 1 aromatic heterocycles. The molecule has 2 unspecified atom stereocenters. The van der Waals surface area contributed by atoms with Gasteiger partial charge in [-0.1, -0.05) is 0 Å². The number of nitrogens with two attached hydrogens (primary N) is 1. The maximum atomic E-state index is 5.94. The van der Waals surface area contributed by atoms with Gasteiger partial charge in [-0.05, 0) is 25.0 Å². The van der Waals surface area contributed by atoms with E-state index in [1.54, 1.807) is 18.0 Å². The van der Waals surface area contributed by atoms with E-state index < -0.39 is 0 Å². The van der Waals surface area contributed by atoms with Gasteiger partial charge >= 0.3 is 0 Å². The van der Waals surface area contributed by atoms with Crippen molar-refractivity contribution in [2.45, 2.75) is 35.1 Å². The Hall–Kier alpha value is -0.780. The van der Waals surface area contributed by atoms with Crippen molar-refractivity contribution in [3.8, 4) is 0 Å². The third-order valence-electron chi connectivity index (χ3n) is 3.59. The van der Waals surface area contributed by atoms with Gasteiger partial charge in [0.1, 0.15) is 5.03 Å². The average molecular weight is 266 g/mol. The van der Waals surface area contributed by atoms with Gasteiger partial charge in [-0.2, -0.15) is 0 Å². The third-order valence-corrected chi connectivity index (χ3v) is 4.89. The molecule has 2 atom stereocenters. The lowest BCUT2D eigenvalue weighted by molar-refractivity contribution is -0.0769.